The molecule has 258 valence electrons. The van der Waals surface area contributed by atoms with Crippen LogP contribution in [0.25, 0.3) is 85.8 Å². The minimum atomic E-state index is -0.398. The third kappa shape index (κ3) is 4.65. The topological polar surface area (TPSA) is 54.8 Å². The van der Waals surface area contributed by atoms with Crippen LogP contribution in [0, 0.1) is 0 Å². The number of hydrogen-bond acceptors (Lipinski definition) is 5. The largest absolute Gasteiger partial charge is 0.455 e. The summed E-state index contributed by atoms with van der Waals surface area (Å²) < 4.78 is 11.2. The lowest BCUT2D eigenvalue weighted by atomic mass is 10.0. The summed E-state index contributed by atoms with van der Waals surface area (Å²) in [6.45, 7) is 0. The second kappa shape index (κ2) is 11.7. The van der Waals surface area contributed by atoms with E-state index < -0.39 is 6.17 Å². The van der Waals surface area contributed by atoms with Crippen molar-refractivity contribution in [2.24, 2.45) is 9.98 Å². The van der Waals surface area contributed by atoms with Crippen LogP contribution in [0.4, 0.5) is 0 Å². The normalized spacial score (nSPS) is 14.7. The van der Waals surface area contributed by atoms with Gasteiger partial charge in [-0.2, -0.15) is 4.99 Å². The molecule has 4 heterocycles. The van der Waals surface area contributed by atoms with Crippen molar-refractivity contribution in [1.82, 2.24) is 9.88 Å². The summed E-state index contributed by atoms with van der Waals surface area (Å²) in [5.74, 6) is 1.41. The van der Waals surface area contributed by atoms with Crippen LogP contribution in [0.15, 0.2) is 184 Å². The van der Waals surface area contributed by atoms with Crippen LogP contribution in [0.5, 0.6) is 0 Å². The van der Waals surface area contributed by atoms with Gasteiger partial charge in [-0.15, -0.1) is 11.3 Å². The van der Waals surface area contributed by atoms with Crippen molar-refractivity contribution in [3.63, 3.8) is 0 Å². The highest BCUT2D eigenvalue weighted by atomic mass is 32.1. The third-order valence-corrected chi connectivity index (χ3v) is 12.3. The van der Waals surface area contributed by atoms with E-state index in [2.05, 4.69) is 174 Å². The summed E-state index contributed by atoms with van der Waals surface area (Å²) in [5, 5.41) is 13.0. The number of rotatable bonds is 3. The van der Waals surface area contributed by atoms with Crippen molar-refractivity contribution in [1.29, 1.82) is 0 Å². The zero-order valence-electron chi connectivity index (χ0n) is 29.4. The molecule has 0 aliphatic carbocycles. The molecule has 0 fully saturated rings. The van der Waals surface area contributed by atoms with E-state index in [9.17, 15) is 0 Å². The summed E-state index contributed by atoms with van der Waals surface area (Å²) in [7, 11) is 0. The van der Waals surface area contributed by atoms with Gasteiger partial charge in [0, 0.05) is 42.6 Å². The number of thiophene rings is 1. The van der Waals surface area contributed by atoms with Gasteiger partial charge in [0.2, 0.25) is 5.96 Å². The maximum atomic E-state index is 6.64. The molecule has 0 amide bonds. The van der Waals surface area contributed by atoms with Crippen LogP contribution in [0.2, 0.25) is 0 Å². The Bertz CT molecular complexity index is 3400. The molecule has 0 spiro atoms. The first-order valence-corrected chi connectivity index (χ1v) is 19.3. The molecule has 3 aromatic heterocycles. The molecular weight excluding hydrogens is 693 g/mol. The molecule has 55 heavy (non-hydrogen) atoms. The van der Waals surface area contributed by atoms with Crippen molar-refractivity contribution in [2.75, 3.05) is 0 Å². The van der Waals surface area contributed by atoms with Gasteiger partial charge in [0.25, 0.3) is 0 Å². The summed E-state index contributed by atoms with van der Waals surface area (Å²) >= 11 is 1.78. The van der Waals surface area contributed by atoms with Gasteiger partial charge in [-0.05, 0) is 63.9 Å². The minimum Gasteiger partial charge on any atom is -0.455 e. The van der Waals surface area contributed by atoms with E-state index in [0.717, 1.165) is 65.6 Å². The van der Waals surface area contributed by atoms with Crippen molar-refractivity contribution in [3.8, 4) is 11.1 Å². The molecule has 8 aromatic carbocycles. The van der Waals surface area contributed by atoms with Crippen LogP contribution in [0.1, 0.15) is 17.3 Å². The van der Waals surface area contributed by atoms with E-state index in [-0.39, 0.29) is 0 Å². The van der Waals surface area contributed by atoms with Gasteiger partial charge in [0.15, 0.2) is 0 Å². The van der Waals surface area contributed by atoms with E-state index in [1.165, 1.54) is 37.2 Å². The molecule has 0 bridgehead atoms. The fourth-order valence-electron chi connectivity index (χ4n) is 8.44. The average molecular weight is 723 g/mol. The molecular formula is C49H30N4OS. The number of fused-ring (bicyclic) bond motifs is 11. The highest BCUT2D eigenvalue weighted by Crippen LogP contribution is 2.44. The monoisotopic (exact) mass is 722 g/mol. The first kappa shape index (κ1) is 30.4. The SMILES string of the molecule is c1ccc(-c2ccc(C3N=C(n4c5ccccc5c5cc6ccccc6cc54)N=C(c4cc5c6ccccc6oc5c5c4sc4ccccc45)N3)cc2)cc1. The van der Waals surface area contributed by atoms with Gasteiger partial charge in [0.1, 0.15) is 23.2 Å². The number of hydrogen-bond donors (Lipinski definition) is 1. The van der Waals surface area contributed by atoms with Gasteiger partial charge in [-0.1, -0.05) is 133 Å². The van der Waals surface area contributed by atoms with Crippen molar-refractivity contribution in [2.45, 2.75) is 6.17 Å². The smallest absolute Gasteiger partial charge is 0.234 e. The Morgan fingerprint density at radius 1 is 0.564 bits per heavy atom. The van der Waals surface area contributed by atoms with Gasteiger partial charge >= 0.3 is 0 Å². The number of furan rings is 1. The summed E-state index contributed by atoms with van der Waals surface area (Å²) in [6.07, 6.45) is -0.398. The van der Waals surface area contributed by atoms with Gasteiger partial charge < -0.3 is 9.73 Å². The Balaban J connectivity index is 1.14. The minimum absolute atomic E-state index is 0.398. The van der Waals surface area contributed by atoms with E-state index in [1.807, 2.05) is 6.07 Å². The van der Waals surface area contributed by atoms with Crippen molar-refractivity contribution < 1.29 is 4.42 Å². The lowest BCUT2D eigenvalue weighted by Crippen LogP contribution is -2.35. The predicted octanol–water partition coefficient (Wildman–Crippen LogP) is 12.8. The molecule has 6 heteroatoms. The van der Waals surface area contributed by atoms with Gasteiger partial charge in [0.05, 0.1) is 15.7 Å². The molecule has 1 aliphatic heterocycles. The standard InChI is InChI=1S/C49H30N4OS/c1-2-12-29(13-3-1)30-22-24-31(25-23-30)47-50-48(39-28-38-35-17-7-10-20-42(35)54-45(38)44-36-18-8-11-21-43(36)55-46(39)44)52-49(51-47)53-40-19-9-6-16-34(40)37-26-32-14-4-5-15-33(32)27-41(37)53/h1-28,47H,(H,50,51,52). The lowest BCUT2D eigenvalue weighted by molar-refractivity contribution is 0.669. The number of para-hydroxylation sites is 2. The quantitative estimate of drug-likeness (QED) is 0.197. The van der Waals surface area contributed by atoms with Crippen LogP contribution in [-0.2, 0) is 0 Å². The first-order valence-electron chi connectivity index (χ1n) is 18.5. The molecule has 0 saturated heterocycles. The van der Waals surface area contributed by atoms with E-state index in [0.29, 0.717) is 5.96 Å². The molecule has 12 rings (SSSR count). The maximum absolute atomic E-state index is 6.64. The lowest BCUT2D eigenvalue weighted by Gasteiger charge is -2.25. The van der Waals surface area contributed by atoms with E-state index >= 15 is 0 Å². The zero-order valence-corrected chi connectivity index (χ0v) is 30.2. The molecule has 1 N–H and O–H groups in total. The number of amidine groups is 1. The Morgan fingerprint density at radius 3 is 2.11 bits per heavy atom. The Hall–Kier alpha value is -7.02. The molecule has 1 unspecified atom stereocenters. The molecule has 0 radical (unpaired) electrons. The number of aliphatic imine (C=N–C) groups is 2. The van der Waals surface area contributed by atoms with E-state index in [1.54, 1.807) is 11.3 Å². The number of nitrogens with zero attached hydrogens (tertiary/aromatic N) is 3. The van der Waals surface area contributed by atoms with Gasteiger partial charge in [-0.25, -0.2) is 4.99 Å². The first-order chi connectivity index (χ1) is 27.2. The second-order valence-electron chi connectivity index (χ2n) is 14.2. The van der Waals surface area contributed by atoms with Crippen LogP contribution < -0.4 is 5.32 Å². The van der Waals surface area contributed by atoms with Crippen molar-refractivity contribution in [3.05, 3.63) is 181 Å². The summed E-state index contributed by atoms with van der Waals surface area (Å²) in [4.78, 5) is 10.9. The molecule has 11 aromatic rings. The van der Waals surface area contributed by atoms with Crippen LogP contribution >= 0.6 is 11.3 Å². The number of benzene rings is 8. The molecule has 1 aliphatic rings. The van der Waals surface area contributed by atoms with Crippen molar-refractivity contribution >= 4 is 97.8 Å². The Labute approximate surface area is 319 Å². The predicted molar refractivity (Wildman–Crippen MR) is 231 cm³/mol. The maximum Gasteiger partial charge on any atom is 0.234 e. The fourth-order valence-corrected chi connectivity index (χ4v) is 9.66. The van der Waals surface area contributed by atoms with Crippen LogP contribution in [-0.4, -0.2) is 16.4 Å². The van der Waals surface area contributed by atoms with Gasteiger partial charge in [-0.3, -0.25) is 4.57 Å². The highest BCUT2D eigenvalue weighted by molar-refractivity contribution is 7.26. The second-order valence-corrected chi connectivity index (χ2v) is 15.2. The zero-order chi connectivity index (χ0) is 36.0. The third-order valence-electron chi connectivity index (χ3n) is 11.0. The van der Waals surface area contributed by atoms with E-state index in [4.69, 9.17) is 14.4 Å². The fraction of sp³-hybridized carbons (Fsp3) is 0.0204. The van der Waals surface area contributed by atoms with Crippen LogP contribution in [0.3, 0.4) is 0 Å². The number of nitrogens with one attached hydrogen (secondary N) is 1. The summed E-state index contributed by atoms with van der Waals surface area (Å²) in [5.41, 5.74) is 8.35. The molecule has 0 saturated carbocycles. The molecule has 5 nitrogen and oxygen atoms in total. The number of aromatic nitrogens is 1. The highest BCUT2D eigenvalue weighted by Gasteiger charge is 2.27. The Kier molecular flexibility index (Phi) is 6.50. The Morgan fingerprint density at radius 2 is 1.25 bits per heavy atom. The molecule has 1 atom stereocenters. The summed E-state index contributed by atoms with van der Waals surface area (Å²) in [6, 6.07) is 60.2. The average Bonchev–Trinajstić information content (AvgIpc) is 3.92.